The minimum atomic E-state index is 0.112. The average Bonchev–Trinajstić information content (AvgIpc) is 2.73. The summed E-state index contributed by atoms with van der Waals surface area (Å²) in [6, 6.07) is 22.5. The predicted octanol–water partition coefficient (Wildman–Crippen LogP) is 5.36. The number of pyridine rings is 1. The van der Waals surface area contributed by atoms with Gasteiger partial charge in [0.2, 0.25) is 0 Å². The van der Waals surface area contributed by atoms with E-state index in [1.807, 2.05) is 82.3 Å². The van der Waals surface area contributed by atoms with Crippen molar-refractivity contribution in [3.8, 4) is 34.4 Å². The van der Waals surface area contributed by atoms with E-state index in [-0.39, 0.29) is 23.5 Å². The normalized spacial score (nSPS) is 10.7. The van der Waals surface area contributed by atoms with E-state index in [9.17, 15) is 10.5 Å². The lowest BCUT2D eigenvalue weighted by Crippen LogP contribution is -2.38. The summed E-state index contributed by atoms with van der Waals surface area (Å²) in [4.78, 5) is 6.54. The van der Waals surface area contributed by atoms with E-state index in [1.54, 1.807) is 0 Å². The Morgan fingerprint density at radius 2 is 1.37 bits per heavy atom. The van der Waals surface area contributed by atoms with Crippen LogP contribution in [0.1, 0.15) is 38.8 Å². The molecule has 1 heterocycles. The highest BCUT2D eigenvalue weighted by molar-refractivity contribution is 5.87. The maximum Gasteiger partial charge on any atom is 0.150 e. The molecule has 0 aliphatic carbocycles. The summed E-state index contributed by atoms with van der Waals surface area (Å²) in [6.45, 7) is 8.19. The summed E-state index contributed by atoms with van der Waals surface area (Å²) in [5, 5.41) is 19.9. The largest absolute Gasteiger partial charge is 0.383 e. The predicted molar refractivity (Wildman–Crippen MR) is 122 cm³/mol. The van der Waals surface area contributed by atoms with Crippen molar-refractivity contribution in [2.45, 2.75) is 39.8 Å². The quantitative estimate of drug-likeness (QED) is 0.628. The van der Waals surface area contributed by atoms with Crippen LogP contribution in [0.25, 0.3) is 22.3 Å². The second kappa shape index (κ2) is 8.68. The number of nitrogens with two attached hydrogens (primary N) is 1. The molecule has 2 aromatic carbocycles. The number of anilines is 2. The Bertz CT molecular complexity index is 1130. The Labute approximate surface area is 178 Å². The molecule has 0 spiro atoms. The minimum absolute atomic E-state index is 0.112. The van der Waals surface area contributed by atoms with Gasteiger partial charge in [-0.15, -0.1) is 0 Å². The molecular weight excluding hydrogens is 370 g/mol. The van der Waals surface area contributed by atoms with Crippen LogP contribution in [-0.4, -0.2) is 17.1 Å². The number of nitrogens with zero attached hydrogens (tertiary/aromatic N) is 4. The topological polar surface area (TPSA) is 89.7 Å². The highest BCUT2D eigenvalue weighted by Gasteiger charge is 2.26. The molecule has 5 nitrogen and oxygen atoms in total. The first-order valence-corrected chi connectivity index (χ1v) is 9.96. The molecule has 0 bridgehead atoms. The first-order chi connectivity index (χ1) is 14.4. The monoisotopic (exact) mass is 395 g/mol. The molecule has 0 aliphatic rings. The zero-order valence-corrected chi connectivity index (χ0v) is 17.7. The number of nitrogen functional groups attached to an aromatic ring is 1. The number of rotatable bonds is 5. The Balaban J connectivity index is 2.32. The van der Waals surface area contributed by atoms with Crippen LogP contribution in [0.3, 0.4) is 0 Å². The van der Waals surface area contributed by atoms with Gasteiger partial charge < -0.3 is 10.6 Å². The first-order valence-electron chi connectivity index (χ1n) is 9.96. The third kappa shape index (κ3) is 3.83. The van der Waals surface area contributed by atoms with Crippen molar-refractivity contribution in [1.82, 2.24) is 4.98 Å². The van der Waals surface area contributed by atoms with E-state index in [4.69, 9.17) is 5.73 Å². The standard InChI is InChI=1S/C25H25N5/c1-16(2)30(17(3)4)25-22(15-27)23(21(14-26)24(28)29-25)20-12-8-11-19(13-20)18-9-6-5-7-10-18/h5-13,16-17H,1-4H3,(H2,28,29). The summed E-state index contributed by atoms with van der Waals surface area (Å²) < 4.78 is 0. The van der Waals surface area contributed by atoms with Gasteiger partial charge in [-0.3, -0.25) is 0 Å². The van der Waals surface area contributed by atoms with Gasteiger partial charge in [-0.2, -0.15) is 10.5 Å². The number of nitriles is 2. The Morgan fingerprint density at radius 3 is 1.93 bits per heavy atom. The molecule has 0 unspecified atom stereocenters. The number of hydrogen-bond donors (Lipinski definition) is 1. The molecule has 1 aromatic heterocycles. The SMILES string of the molecule is CC(C)N(c1nc(N)c(C#N)c(-c2cccc(-c3ccccc3)c2)c1C#N)C(C)C. The molecule has 0 atom stereocenters. The number of benzene rings is 2. The minimum Gasteiger partial charge on any atom is -0.383 e. The van der Waals surface area contributed by atoms with Gasteiger partial charge in [0.15, 0.2) is 0 Å². The lowest BCUT2D eigenvalue weighted by molar-refractivity contribution is 0.600. The molecule has 0 saturated carbocycles. The summed E-state index contributed by atoms with van der Waals surface area (Å²) in [5.41, 5.74) is 10.2. The van der Waals surface area contributed by atoms with E-state index < -0.39 is 0 Å². The molecule has 0 aliphatic heterocycles. The Kier molecular flexibility index (Phi) is 6.04. The van der Waals surface area contributed by atoms with Crippen molar-refractivity contribution in [2.24, 2.45) is 0 Å². The summed E-state index contributed by atoms with van der Waals surface area (Å²) in [5.74, 6) is 0.650. The lowest BCUT2D eigenvalue weighted by atomic mass is 9.93. The van der Waals surface area contributed by atoms with Crippen molar-refractivity contribution in [2.75, 3.05) is 10.6 Å². The summed E-state index contributed by atoms with van der Waals surface area (Å²) in [6.07, 6.45) is 0. The van der Waals surface area contributed by atoms with Crippen LogP contribution in [0.15, 0.2) is 54.6 Å². The maximum absolute atomic E-state index is 10.1. The summed E-state index contributed by atoms with van der Waals surface area (Å²) in [7, 11) is 0. The number of hydrogen-bond acceptors (Lipinski definition) is 5. The first kappa shape index (κ1) is 20.9. The van der Waals surface area contributed by atoms with E-state index >= 15 is 0 Å². The molecule has 3 rings (SSSR count). The third-order valence-corrected chi connectivity index (χ3v) is 5.05. The lowest BCUT2D eigenvalue weighted by Gasteiger charge is -2.33. The van der Waals surface area contributed by atoms with Crippen LogP contribution in [-0.2, 0) is 0 Å². The van der Waals surface area contributed by atoms with Crippen LogP contribution >= 0.6 is 0 Å². The van der Waals surface area contributed by atoms with Crippen LogP contribution in [0.2, 0.25) is 0 Å². The highest BCUT2D eigenvalue weighted by Crippen LogP contribution is 2.38. The van der Waals surface area contributed by atoms with Gasteiger partial charge in [-0.25, -0.2) is 4.98 Å². The van der Waals surface area contributed by atoms with Crippen LogP contribution in [0.5, 0.6) is 0 Å². The van der Waals surface area contributed by atoms with E-state index in [0.29, 0.717) is 16.9 Å². The van der Waals surface area contributed by atoms with Crippen molar-refractivity contribution in [1.29, 1.82) is 10.5 Å². The second-order valence-corrected chi connectivity index (χ2v) is 7.71. The molecule has 0 saturated heterocycles. The molecule has 0 amide bonds. The molecule has 150 valence electrons. The van der Waals surface area contributed by atoms with Crippen LogP contribution in [0.4, 0.5) is 11.6 Å². The summed E-state index contributed by atoms with van der Waals surface area (Å²) >= 11 is 0. The molecule has 30 heavy (non-hydrogen) atoms. The van der Waals surface area contributed by atoms with Crippen molar-refractivity contribution >= 4 is 11.6 Å². The fraction of sp³-hybridized carbons (Fsp3) is 0.240. The maximum atomic E-state index is 10.1. The van der Waals surface area contributed by atoms with Crippen LogP contribution < -0.4 is 10.6 Å². The van der Waals surface area contributed by atoms with Crippen LogP contribution in [0, 0.1) is 22.7 Å². The third-order valence-electron chi connectivity index (χ3n) is 5.05. The van der Waals surface area contributed by atoms with Crippen molar-refractivity contribution in [3.63, 3.8) is 0 Å². The molecule has 3 aromatic rings. The molecule has 5 heteroatoms. The van der Waals surface area contributed by atoms with Gasteiger partial charge in [-0.1, -0.05) is 48.5 Å². The van der Waals surface area contributed by atoms with Gasteiger partial charge in [0.05, 0.1) is 0 Å². The fourth-order valence-corrected chi connectivity index (χ4v) is 3.86. The highest BCUT2D eigenvalue weighted by atomic mass is 15.2. The molecular formula is C25H25N5. The molecule has 2 N–H and O–H groups in total. The zero-order chi connectivity index (χ0) is 21.8. The fourth-order valence-electron chi connectivity index (χ4n) is 3.86. The van der Waals surface area contributed by atoms with Gasteiger partial charge in [-0.05, 0) is 50.5 Å². The van der Waals surface area contributed by atoms with Gasteiger partial charge in [0, 0.05) is 17.6 Å². The molecule has 0 fully saturated rings. The van der Waals surface area contributed by atoms with E-state index in [0.717, 1.165) is 16.7 Å². The van der Waals surface area contributed by atoms with Gasteiger partial charge in [0.1, 0.15) is 34.9 Å². The Morgan fingerprint density at radius 1 is 0.800 bits per heavy atom. The van der Waals surface area contributed by atoms with E-state index in [2.05, 4.69) is 22.0 Å². The Hall–Kier alpha value is -3.83. The zero-order valence-electron chi connectivity index (χ0n) is 17.7. The van der Waals surface area contributed by atoms with Crippen molar-refractivity contribution < 1.29 is 0 Å². The average molecular weight is 396 g/mol. The van der Waals surface area contributed by atoms with Gasteiger partial charge in [0.25, 0.3) is 0 Å². The molecule has 0 radical (unpaired) electrons. The second-order valence-electron chi connectivity index (χ2n) is 7.71. The van der Waals surface area contributed by atoms with Gasteiger partial charge >= 0.3 is 0 Å². The van der Waals surface area contributed by atoms with Crippen molar-refractivity contribution in [3.05, 3.63) is 65.7 Å². The van der Waals surface area contributed by atoms with E-state index in [1.165, 1.54) is 0 Å². The number of aromatic nitrogens is 1. The smallest absolute Gasteiger partial charge is 0.150 e.